The van der Waals surface area contributed by atoms with Gasteiger partial charge in [-0.05, 0) is 51.4 Å². The predicted octanol–water partition coefficient (Wildman–Crippen LogP) is 2.11. The van der Waals surface area contributed by atoms with Crippen molar-refractivity contribution in [1.29, 1.82) is 0 Å². The van der Waals surface area contributed by atoms with E-state index >= 15 is 0 Å². The Morgan fingerprint density at radius 3 is 2.36 bits per heavy atom. The van der Waals surface area contributed by atoms with Gasteiger partial charge in [-0.3, -0.25) is 0 Å². The molecule has 2 heteroatoms. The molecule has 0 aromatic carbocycles. The molecule has 2 nitrogen and oxygen atoms in total. The fourth-order valence-corrected chi connectivity index (χ4v) is 2.22. The zero-order valence-electron chi connectivity index (χ0n) is 10.1. The van der Waals surface area contributed by atoms with Crippen molar-refractivity contribution in [3.05, 3.63) is 0 Å². The Morgan fingerprint density at radius 2 is 1.86 bits per heavy atom. The summed E-state index contributed by atoms with van der Waals surface area (Å²) in [6.45, 7) is 11.7. The van der Waals surface area contributed by atoms with Gasteiger partial charge in [-0.25, -0.2) is 0 Å². The van der Waals surface area contributed by atoms with Crippen LogP contribution in [0.5, 0.6) is 0 Å². The zero-order valence-corrected chi connectivity index (χ0v) is 10.1. The van der Waals surface area contributed by atoms with Crippen molar-refractivity contribution in [1.82, 2.24) is 10.2 Å². The summed E-state index contributed by atoms with van der Waals surface area (Å²) in [4.78, 5) is 2.49. The quantitative estimate of drug-likeness (QED) is 0.630. The van der Waals surface area contributed by atoms with Crippen LogP contribution in [0, 0.1) is 5.92 Å². The molecule has 1 fully saturated rings. The number of nitrogens with zero attached hydrogens (tertiary/aromatic N) is 1. The van der Waals surface area contributed by atoms with Crippen LogP contribution in [0.1, 0.15) is 40.0 Å². The highest BCUT2D eigenvalue weighted by molar-refractivity contribution is 4.81. The van der Waals surface area contributed by atoms with Gasteiger partial charge in [0.05, 0.1) is 0 Å². The van der Waals surface area contributed by atoms with Crippen molar-refractivity contribution in [2.24, 2.45) is 5.92 Å². The summed E-state index contributed by atoms with van der Waals surface area (Å²) in [5, 5.41) is 3.63. The molecule has 1 aliphatic carbocycles. The predicted molar refractivity (Wildman–Crippen MR) is 62.6 cm³/mol. The monoisotopic (exact) mass is 198 g/mol. The van der Waals surface area contributed by atoms with Gasteiger partial charge < -0.3 is 10.2 Å². The molecule has 0 heterocycles. The van der Waals surface area contributed by atoms with E-state index in [4.69, 9.17) is 0 Å². The van der Waals surface area contributed by atoms with Crippen molar-refractivity contribution >= 4 is 0 Å². The largest absolute Gasteiger partial charge is 0.314 e. The van der Waals surface area contributed by atoms with Crippen LogP contribution in [-0.4, -0.2) is 37.1 Å². The summed E-state index contributed by atoms with van der Waals surface area (Å²) in [6, 6.07) is 0.835. The molecule has 0 aliphatic heterocycles. The van der Waals surface area contributed by atoms with E-state index in [1.807, 2.05) is 0 Å². The van der Waals surface area contributed by atoms with Gasteiger partial charge in [-0.15, -0.1) is 0 Å². The zero-order chi connectivity index (χ0) is 10.4. The van der Waals surface area contributed by atoms with E-state index in [0.717, 1.165) is 12.0 Å². The van der Waals surface area contributed by atoms with E-state index in [-0.39, 0.29) is 0 Å². The standard InChI is InChI=1S/C12H26N2/c1-4-14(5-2)8-6-7-13-12-9-11(3)10-12/h11-13H,4-10H2,1-3H3. The molecule has 0 amide bonds. The van der Waals surface area contributed by atoms with Gasteiger partial charge >= 0.3 is 0 Å². The molecule has 0 unspecified atom stereocenters. The van der Waals surface area contributed by atoms with Crippen molar-refractivity contribution < 1.29 is 0 Å². The Hall–Kier alpha value is -0.0800. The first-order valence-corrected chi connectivity index (χ1v) is 6.22. The highest BCUT2D eigenvalue weighted by atomic mass is 15.1. The smallest absolute Gasteiger partial charge is 0.00721 e. The summed E-state index contributed by atoms with van der Waals surface area (Å²) >= 11 is 0. The van der Waals surface area contributed by atoms with Gasteiger partial charge in [0.15, 0.2) is 0 Å². The minimum absolute atomic E-state index is 0.835. The van der Waals surface area contributed by atoms with E-state index in [1.54, 1.807) is 0 Å². The van der Waals surface area contributed by atoms with E-state index in [9.17, 15) is 0 Å². The van der Waals surface area contributed by atoms with E-state index < -0.39 is 0 Å². The Balaban J connectivity index is 1.89. The molecule has 0 aromatic rings. The number of nitrogens with one attached hydrogen (secondary N) is 1. The second-order valence-corrected chi connectivity index (χ2v) is 4.61. The molecule has 0 atom stereocenters. The molecule has 0 spiro atoms. The summed E-state index contributed by atoms with van der Waals surface area (Å²) in [6.07, 6.45) is 4.09. The van der Waals surface area contributed by atoms with E-state index in [1.165, 1.54) is 45.4 Å². The van der Waals surface area contributed by atoms with Gasteiger partial charge in [0.1, 0.15) is 0 Å². The van der Waals surface area contributed by atoms with E-state index in [2.05, 4.69) is 31.0 Å². The third-order valence-corrected chi connectivity index (χ3v) is 3.35. The Labute approximate surface area is 89.1 Å². The maximum absolute atomic E-state index is 3.63. The normalized spacial score (nSPS) is 26.6. The molecule has 1 rings (SSSR count). The number of rotatable bonds is 7. The molecule has 84 valence electrons. The highest BCUT2D eigenvalue weighted by Gasteiger charge is 2.23. The van der Waals surface area contributed by atoms with Crippen LogP contribution in [0.25, 0.3) is 0 Å². The molecule has 14 heavy (non-hydrogen) atoms. The third kappa shape index (κ3) is 3.97. The van der Waals surface area contributed by atoms with Crippen LogP contribution in [0.3, 0.4) is 0 Å². The number of hydrogen-bond acceptors (Lipinski definition) is 2. The maximum Gasteiger partial charge on any atom is 0.00721 e. The Bertz CT molecular complexity index is 137. The van der Waals surface area contributed by atoms with Gasteiger partial charge in [-0.2, -0.15) is 0 Å². The lowest BCUT2D eigenvalue weighted by Gasteiger charge is -2.33. The average molecular weight is 198 g/mol. The topological polar surface area (TPSA) is 15.3 Å². The van der Waals surface area contributed by atoms with Gasteiger partial charge in [0.25, 0.3) is 0 Å². The lowest BCUT2D eigenvalue weighted by molar-refractivity contribution is 0.234. The van der Waals surface area contributed by atoms with Crippen LogP contribution in [0.2, 0.25) is 0 Å². The third-order valence-electron chi connectivity index (χ3n) is 3.35. The Kier molecular flexibility index (Phi) is 5.49. The van der Waals surface area contributed by atoms with Crippen LogP contribution in [0.4, 0.5) is 0 Å². The second-order valence-electron chi connectivity index (χ2n) is 4.61. The van der Waals surface area contributed by atoms with Gasteiger partial charge in [0, 0.05) is 6.04 Å². The van der Waals surface area contributed by atoms with Crippen molar-refractivity contribution in [2.75, 3.05) is 26.2 Å². The number of hydrogen-bond donors (Lipinski definition) is 1. The van der Waals surface area contributed by atoms with Crippen LogP contribution >= 0.6 is 0 Å². The van der Waals surface area contributed by atoms with Crippen molar-refractivity contribution in [3.63, 3.8) is 0 Å². The lowest BCUT2D eigenvalue weighted by Crippen LogP contribution is -2.41. The SMILES string of the molecule is CCN(CC)CCCNC1CC(C)C1. The van der Waals surface area contributed by atoms with Crippen molar-refractivity contribution in [2.45, 2.75) is 46.1 Å². The Morgan fingerprint density at radius 1 is 1.21 bits per heavy atom. The molecule has 0 bridgehead atoms. The first-order valence-electron chi connectivity index (χ1n) is 6.22. The van der Waals surface area contributed by atoms with Crippen LogP contribution in [0.15, 0.2) is 0 Å². The van der Waals surface area contributed by atoms with Gasteiger partial charge in [-0.1, -0.05) is 20.8 Å². The molecule has 1 saturated carbocycles. The summed E-state index contributed by atoms with van der Waals surface area (Å²) in [7, 11) is 0. The fraction of sp³-hybridized carbons (Fsp3) is 1.00. The summed E-state index contributed by atoms with van der Waals surface area (Å²) in [5.41, 5.74) is 0. The minimum atomic E-state index is 0.835. The fourth-order valence-electron chi connectivity index (χ4n) is 2.22. The minimum Gasteiger partial charge on any atom is -0.314 e. The second kappa shape index (κ2) is 6.41. The summed E-state index contributed by atoms with van der Waals surface area (Å²) in [5.74, 6) is 0.968. The van der Waals surface area contributed by atoms with Gasteiger partial charge in [0.2, 0.25) is 0 Å². The molecule has 1 aliphatic rings. The molecule has 0 saturated heterocycles. The highest BCUT2D eigenvalue weighted by Crippen LogP contribution is 2.25. The molecule has 1 N–H and O–H groups in total. The first-order chi connectivity index (χ1) is 6.76. The molecular formula is C12H26N2. The summed E-state index contributed by atoms with van der Waals surface area (Å²) < 4.78 is 0. The van der Waals surface area contributed by atoms with E-state index in [0.29, 0.717) is 0 Å². The lowest BCUT2D eigenvalue weighted by atomic mass is 9.82. The molecule has 0 aromatic heterocycles. The van der Waals surface area contributed by atoms with Crippen LogP contribution < -0.4 is 5.32 Å². The first kappa shape index (κ1) is 12.0. The average Bonchev–Trinajstić information content (AvgIpc) is 2.15. The molecular weight excluding hydrogens is 172 g/mol. The molecule has 0 radical (unpaired) electrons. The van der Waals surface area contributed by atoms with Crippen molar-refractivity contribution in [3.8, 4) is 0 Å². The maximum atomic E-state index is 3.63. The van der Waals surface area contributed by atoms with Crippen LogP contribution in [-0.2, 0) is 0 Å².